The molecule has 3 heterocycles. The molecular weight excluding hydrogens is 302 g/mol. The first-order valence-electron chi connectivity index (χ1n) is 8.01. The summed E-state index contributed by atoms with van der Waals surface area (Å²) in [5, 5.41) is 0. The number of H-pyrrole nitrogens is 1. The molecule has 0 aliphatic carbocycles. The lowest BCUT2D eigenvalue weighted by molar-refractivity contribution is 0.0733. The van der Waals surface area contributed by atoms with E-state index in [0.29, 0.717) is 17.1 Å². The molecule has 6 heteroatoms. The first kappa shape index (κ1) is 14.6. The van der Waals surface area contributed by atoms with E-state index in [2.05, 4.69) is 19.9 Å². The van der Waals surface area contributed by atoms with Crippen molar-refractivity contribution in [2.24, 2.45) is 0 Å². The summed E-state index contributed by atoms with van der Waals surface area (Å²) in [5.41, 5.74) is 2.21. The van der Waals surface area contributed by atoms with E-state index in [1.165, 1.54) is 0 Å². The van der Waals surface area contributed by atoms with E-state index in [0.717, 1.165) is 25.1 Å². The number of benzene rings is 1. The molecule has 1 N–H and O–H groups in total. The zero-order valence-corrected chi connectivity index (χ0v) is 13.1. The van der Waals surface area contributed by atoms with Gasteiger partial charge in [-0.05, 0) is 25.0 Å². The first-order valence-corrected chi connectivity index (χ1v) is 8.01. The molecule has 1 atom stereocenters. The minimum atomic E-state index is -0.0773. The van der Waals surface area contributed by atoms with E-state index in [-0.39, 0.29) is 11.9 Å². The number of amides is 1. The van der Waals surface area contributed by atoms with Crippen molar-refractivity contribution in [2.45, 2.75) is 18.9 Å². The fraction of sp³-hybridized carbons (Fsp3) is 0.222. The molecule has 1 saturated heterocycles. The van der Waals surface area contributed by atoms with E-state index in [1.807, 2.05) is 35.2 Å². The summed E-state index contributed by atoms with van der Waals surface area (Å²) in [4.78, 5) is 31.1. The van der Waals surface area contributed by atoms with Gasteiger partial charge in [0, 0.05) is 36.9 Å². The highest BCUT2D eigenvalue weighted by molar-refractivity contribution is 5.94. The Hall–Kier alpha value is -3.02. The first-order chi connectivity index (χ1) is 11.8. The standard InChI is InChI=1S/C18H17N5O/c24-18(13-5-2-1-3-6-13)23-12-4-7-14(23)15-16(20-9-8-19-15)17-21-10-11-22-17/h1-3,5-6,8-11,14H,4,7,12H2,(H,21,22)/t14-/m0/s1. The van der Waals surface area contributed by atoms with Crippen LogP contribution >= 0.6 is 0 Å². The lowest BCUT2D eigenvalue weighted by Crippen LogP contribution is -2.31. The van der Waals surface area contributed by atoms with Crippen molar-refractivity contribution in [2.75, 3.05) is 6.54 Å². The zero-order valence-electron chi connectivity index (χ0n) is 13.1. The molecule has 1 amide bonds. The molecule has 1 aliphatic rings. The summed E-state index contributed by atoms with van der Waals surface area (Å²) < 4.78 is 0. The SMILES string of the molecule is O=C(c1ccccc1)N1CCC[C@H]1c1nccnc1-c1ncc[nH]1. The number of rotatable bonds is 3. The Balaban J connectivity index is 1.70. The van der Waals surface area contributed by atoms with E-state index < -0.39 is 0 Å². The van der Waals surface area contributed by atoms with Crippen LogP contribution in [0.3, 0.4) is 0 Å². The van der Waals surface area contributed by atoms with Gasteiger partial charge in [0.25, 0.3) is 5.91 Å². The average Bonchev–Trinajstić information content (AvgIpc) is 3.33. The molecule has 0 unspecified atom stereocenters. The average molecular weight is 319 g/mol. The second-order valence-electron chi connectivity index (χ2n) is 5.75. The molecule has 1 aliphatic heterocycles. The summed E-state index contributed by atoms with van der Waals surface area (Å²) in [5.74, 6) is 0.714. The number of likely N-dealkylation sites (tertiary alicyclic amines) is 1. The molecular formula is C18H17N5O. The molecule has 6 nitrogen and oxygen atoms in total. The number of imidazole rings is 1. The Morgan fingerprint density at radius 3 is 2.71 bits per heavy atom. The third-order valence-electron chi connectivity index (χ3n) is 4.30. The van der Waals surface area contributed by atoms with Crippen molar-refractivity contribution in [1.82, 2.24) is 24.8 Å². The number of nitrogens with one attached hydrogen (secondary N) is 1. The maximum atomic E-state index is 12.9. The van der Waals surface area contributed by atoms with Gasteiger partial charge in [-0.1, -0.05) is 18.2 Å². The summed E-state index contributed by atoms with van der Waals surface area (Å²) >= 11 is 0. The van der Waals surface area contributed by atoms with Crippen LogP contribution in [0.4, 0.5) is 0 Å². The minimum Gasteiger partial charge on any atom is -0.343 e. The van der Waals surface area contributed by atoms with Crippen LogP contribution in [-0.2, 0) is 0 Å². The monoisotopic (exact) mass is 319 g/mol. The van der Waals surface area contributed by atoms with E-state index in [9.17, 15) is 4.79 Å². The molecule has 120 valence electrons. The molecule has 0 radical (unpaired) electrons. The quantitative estimate of drug-likeness (QED) is 0.805. The molecule has 0 saturated carbocycles. The second-order valence-corrected chi connectivity index (χ2v) is 5.75. The molecule has 1 fully saturated rings. The van der Waals surface area contributed by atoms with Gasteiger partial charge in [-0.25, -0.2) is 9.97 Å². The lowest BCUT2D eigenvalue weighted by atomic mass is 10.1. The second kappa shape index (κ2) is 6.23. The van der Waals surface area contributed by atoms with E-state index >= 15 is 0 Å². The summed E-state index contributed by atoms with van der Waals surface area (Å²) in [6, 6.07) is 9.30. The number of aromatic amines is 1. The van der Waals surface area contributed by atoms with Crippen LogP contribution in [0.15, 0.2) is 55.1 Å². The van der Waals surface area contributed by atoms with Crippen molar-refractivity contribution in [3.05, 3.63) is 66.4 Å². The van der Waals surface area contributed by atoms with Gasteiger partial charge in [0.15, 0.2) is 5.82 Å². The zero-order chi connectivity index (χ0) is 16.4. The highest BCUT2D eigenvalue weighted by Crippen LogP contribution is 2.35. The van der Waals surface area contributed by atoms with Gasteiger partial charge in [-0.15, -0.1) is 0 Å². The van der Waals surface area contributed by atoms with Crippen LogP contribution < -0.4 is 0 Å². The smallest absolute Gasteiger partial charge is 0.254 e. The Morgan fingerprint density at radius 1 is 1.08 bits per heavy atom. The molecule has 1 aromatic carbocycles. The Morgan fingerprint density at radius 2 is 1.92 bits per heavy atom. The summed E-state index contributed by atoms with van der Waals surface area (Å²) in [6.07, 6.45) is 8.61. The fourth-order valence-electron chi connectivity index (χ4n) is 3.21. The molecule has 3 aromatic rings. The normalized spacial score (nSPS) is 17.2. The minimum absolute atomic E-state index is 0.0362. The van der Waals surface area contributed by atoms with Gasteiger partial charge in [-0.3, -0.25) is 9.78 Å². The molecule has 4 rings (SSSR count). The molecule has 2 aromatic heterocycles. The van der Waals surface area contributed by atoms with Gasteiger partial charge in [-0.2, -0.15) is 0 Å². The van der Waals surface area contributed by atoms with Crippen LogP contribution in [0.1, 0.15) is 34.9 Å². The third kappa shape index (κ3) is 2.56. The van der Waals surface area contributed by atoms with Gasteiger partial charge in [0.1, 0.15) is 5.69 Å². The Labute approximate surface area is 139 Å². The number of carbonyl (C=O) groups excluding carboxylic acids is 1. The lowest BCUT2D eigenvalue weighted by Gasteiger charge is -2.25. The topological polar surface area (TPSA) is 74.8 Å². The Bertz CT molecular complexity index is 832. The van der Waals surface area contributed by atoms with Crippen LogP contribution in [-0.4, -0.2) is 37.3 Å². The van der Waals surface area contributed by atoms with Crippen molar-refractivity contribution in [3.63, 3.8) is 0 Å². The van der Waals surface area contributed by atoms with Crippen molar-refractivity contribution in [3.8, 4) is 11.5 Å². The predicted molar refractivity (Wildman–Crippen MR) is 89.1 cm³/mol. The molecule has 24 heavy (non-hydrogen) atoms. The highest BCUT2D eigenvalue weighted by Gasteiger charge is 2.33. The number of nitrogens with zero attached hydrogens (tertiary/aromatic N) is 4. The van der Waals surface area contributed by atoms with Crippen molar-refractivity contribution in [1.29, 1.82) is 0 Å². The van der Waals surface area contributed by atoms with Gasteiger partial charge >= 0.3 is 0 Å². The molecule has 0 bridgehead atoms. The Kier molecular flexibility index (Phi) is 3.78. The van der Waals surface area contributed by atoms with Gasteiger partial charge in [0.2, 0.25) is 0 Å². The maximum absolute atomic E-state index is 12.9. The van der Waals surface area contributed by atoms with Crippen molar-refractivity contribution >= 4 is 5.91 Å². The van der Waals surface area contributed by atoms with Crippen LogP contribution in [0.25, 0.3) is 11.5 Å². The largest absolute Gasteiger partial charge is 0.343 e. The van der Waals surface area contributed by atoms with Crippen LogP contribution in [0.5, 0.6) is 0 Å². The predicted octanol–water partition coefficient (Wildman–Crippen LogP) is 2.84. The summed E-state index contributed by atoms with van der Waals surface area (Å²) in [6.45, 7) is 0.729. The molecule has 0 spiro atoms. The van der Waals surface area contributed by atoms with E-state index in [1.54, 1.807) is 24.8 Å². The van der Waals surface area contributed by atoms with E-state index in [4.69, 9.17) is 0 Å². The van der Waals surface area contributed by atoms with Gasteiger partial charge in [0.05, 0.1) is 11.7 Å². The number of carbonyl (C=O) groups is 1. The van der Waals surface area contributed by atoms with Crippen LogP contribution in [0, 0.1) is 0 Å². The van der Waals surface area contributed by atoms with Gasteiger partial charge < -0.3 is 9.88 Å². The maximum Gasteiger partial charge on any atom is 0.254 e. The number of hydrogen-bond acceptors (Lipinski definition) is 4. The summed E-state index contributed by atoms with van der Waals surface area (Å²) in [7, 11) is 0. The van der Waals surface area contributed by atoms with Crippen LogP contribution in [0.2, 0.25) is 0 Å². The highest BCUT2D eigenvalue weighted by atomic mass is 16.2. The number of hydrogen-bond donors (Lipinski definition) is 1. The number of aromatic nitrogens is 4. The fourth-order valence-corrected chi connectivity index (χ4v) is 3.21. The third-order valence-corrected chi connectivity index (χ3v) is 4.30. The van der Waals surface area contributed by atoms with Crippen molar-refractivity contribution < 1.29 is 4.79 Å².